The van der Waals surface area contributed by atoms with Crippen molar-refractivity contribution in [2.45, 2.75) is 13.8 Å². The van der Waals surface area contributed by atoms with Gasteiger partial charge in [0.2, 0.25) is 0 Å². The van der Waals surface area contributed by atoms with Crippen molar-refractivity contribution < 1.29 is 19.1 Å². The molecule has 2 rings (SSSR count). The molecule has 0 bridgehead atoms. The van der Waals surface area contributed by atoms with Crippen molar-refractivity contribution in [3.8, 4) is 17.9 Å². The van der Waals surface area contributed by atoms with Crippen LogP contribution >= 0.6 is 11.3 Å². The zero-order valence-corrected chi connectivity index (χ0v) is 15.0. The lowest BCUT2D eigenvalue weighted by atomic mass is 10.2. The number of nitriles is 2. The van der Waals surface area contributed by atoms with Gasteiger partial charge in [0.15, 0.2) is 6.61 Å². The lowest BCUT2D eigenvalue weighted by Crippen LogP contribution is -2.20. The highest BCUT2D eigenvalue weighted by atomic mass is 32.1. The fourth-order valence-corrected chi connectivity index (χ4v) is 3.13. The van der Waals surface area contributed by atoms with Crippen LogP contribution in [-0.2, 0) is 9.53 Å². The van der Waals surface area contributed by atoms with Gasteiger partial charge >= 0.3 is 5.97 Å². The van der Waals surface area contributed by atoms with Crippen LogP contribution in [0.2, 0.25) is 0 Å². The third kappa shape index (κ3) is 4.38. The summed E-state index contributed by atoms with van der Waals surface area (Å²) >= 11 is 0.993. The van der Waals surface area contributed by atoms with Gasteiger partial charge in [-0.25, -0.2) is 4.79 Å². The van der Waals surface area contributed by atoms with Gasteiger partial charge in [-0.1, -0.05) is 0 Å². The highest BCUT2D eigenvalue weighted by molar-refractivity contribution is 7.18. The highest BCUT2D eigenvalue weighted by Gasteiger charge is 2.22. The summed E-state index contributed by atoms with van der Waals surface area (Å²) in [5, 5.41) is 20.9. The number of esters is 1. The van der Waals surface area contributed by atoms with Crippen molar-refractivity contribution >= 4 is 28.2 Å². The van der Waals surface area contributed by atoms with Crippen LogP contribution in [0.3, 0.4) is 0 Å². The third-order valence-corrected chi connectivity index (χ3v) is 4.51. The number of carbonyl (C=O) groups excluding carboxylic acids is 2. The lowest BCUT2D eigenvalue weighted by molar-refractivity contribution is -0.118. The quantitative estimate of drug-likeness (QED) is 0.783. The average molecular weight is 369 g/mol. The molecule has 1 heterocycles. The maximum absolute atomic E-state index is 12.1. The first-order chi connectivity index (χ1) is 12.5. The van der Waals surface area contributed by atoms with Crippen LogP contribution in [0.5, 0.6) is 5.75 Å². The van der Waals surface area contributed by atoms with Crippen LogP contribution < -0.4 is 10.1 Å². The van der Waals surface area contributed by atoms with E-state index >= 15 is 0 Å². The number of amides is 1. The Hall–Kier alpha value is -3.36. The molecule has 26 heavy (non-hydrogen) atoms. The van der Waals surface area contributed by atoms with E-state index in [2.05, 4.69) is 5.32 Å². The first-order valence-corrected chi connectivity index (χ1v) is 8.45. The van der Waals surface area contributed by atoms with Crippen LogP contribution in [-0.4, -0.2) is 25.1 Å². The summed E-state index contributed by atoms with van der Waals surface area (Å²) in [6, 6.07) is 10.3. The van der Waals surface area contributed by atoms with Gasteiger partial charge in [-0.15, -0.1) is 11.3 Å². The number of carbonyl (C=O) groups is 2. The molecule has 0 aliphatic rings. The fraction of sp³-hybridized carbons (Fsp3) is 0.222. The minimum absolute atomic E-state index is 0.220. The number of benzene rings is 1. The molecule has 2 aromatic rings. The molecule has 0 atom stereocenters. The lowest BCUT2D eigenvalue weighted by Gasteiger charge is -2.06. The molecule has 1 aromatic carbocycles. The van der Waals surface area contributed by atoms with E-state index in [1.165, 1.54) is 0 Å². The summed E-state index contributed by atoms with van der Waals surface area (Å²) in [7, 11) is 0. The Morgan fingerprint density at radius 3 is 2.46 bits per heavy atom. The molecule has 0 aliphatic carbocycles. The second-order valence-electron chi connectivity index (χ2n) is 5.07. The Morgan fingerprint density at radius 2 is 1.88 bits per heavy atom. The molecule has 0 radical (unpaired) electrons. The van der Waals surface area contributed by atoms with Crippen molar-refractivity contribution in [2.75, 3.05) is 18.5 Å². The van der Waals surface area contributed by atoms with Crippen LogP contribution in [0.25, 0.3) is 0 Å². The first-order valence-electron chi connectivity index (χ1n) is 7.63. The molecule has 1 aromatic heterocycles. The zero-order valence-electron chi connectivity index (χ0n) is 14.2. The molecule has 0 aliphatic heterocycles. The molecule has 0 saturated heterocycles. The van der Waals surface area contributed by atoms with Crippen LogP contribution in [0.4, 0.5) is 5.00 Å². The first kappa shape index (κ1) is 19.0. The predicted octanol–water partition coefficient (Wildman–Crippen LogP) is 2.99. The summed E-state index contributed by atoms with van der Waals surface area (Å²) in [6.07, 6.45) is 0. The summed E-state index contributed by atoms with van der Waals surface area (Å²) in [5.41, 5.74) is 1.19. The van der Waals surface area contributed by atoms with Crippen molar-refractivity contribution in [3.63, 3.8) is 0 Å². The summed E-state index contributed by atoms with van der Waals surface area (Å²) < 4.78 is 10.3. The second kappa shape index (κ2) is 8.65. The largest absolute Gasteiger partial charge is 0.484 e. The monoisotopic (exact) mass is 369 g/mol. The average Bonchev–Trinajstić information content (AvgIpc) is 2.95. The van der Waals surface area contributed by atoms with Crippen LogP contribution in [0, 0.1) is 29.6 Å². The van der Waals surface area contributed by atoms with E-state index in [0.29, 0.717) is 16.9 Å². The Balaban J connectivity index is 2.06. The number of anilines is 1. The Bertz CT molecular complexity index is 904. The normalized spacial score (nSPS) is 9.69. The Kier molecular flexibility index (Phi) is 6.31. The minimum atomic E-state index is -0.527. The Labute approximate surface area is 154 Å². The second-order valence-corrected chi connectivity index (χ2v) is 6.09. The minimum Gasteiger partial charge on any atom is -0.484 e. The standard InChI is InChI=1S/C18H15N3O4S/c1-3-24-18(23)16-11(2)14(9-20)17(26-16)21-15(22)10-25-13-6-4-12(8-19)5-7-13/h4-7H,3,10H2,1-2H3,(H,21,22). The van der Waals surface area contributed by atoms with Crippen molar-refractivity contribution in [1.82, 2.24) is 0 Å². The molecule has 132 valence electrons. The maximum Gasteiger partial charge on any atom is 0.348 e. The predicted molar refractivity (Wildman–Crippen MR) is 95.0 cm³/mol. The number of hydrogen-bond donors (Lipinski definition) is 1. The molecule has 0 spiro atoms. The van der Waals surface area contributed by atoms with Crippen LogP contribution in [0.1, 0.15) is 33.3 Å². The number of hydrogen-bond acceptors (Lipinski definition) is 7. The van der Waals surface area contributed by atoms with E-state index in [9.17, 15) is 14.9 Å². The maximum atomic E-state index is 12.1. The van der Waals surface area contributed by atoms with Gasteiger partial charge < -0.3 is 14.8 Å². The van der Waals surface area contributed by atoms with Gasteiger partial charge in [0.1, 0.15) is 21.7 Å². The van der Waals surface area contributed by atoms with Gasteiger partial charge in [-0.3, -0.25) is 4.79 Å². The molecule has 0 fully saturated rings. The smallest absolute Gasteiger partial charge is 0.348 e. The van der Waals surface area contributed by atoms with E-state index in [-0.39, 0.29) is 28.7 Å². The summed E-state index contributed by atoms with van der Waals surface area (Å²) in [6.45, 7) is 3.26. The highest BCUT2D eigenvalue weighted by Crippen LogP contribution is 2.33. The third-order valence-electron chi connectivity index (χ3n) is 3.33. The Morgan fingerprint density at radius 1 is 1.19 bits per heavy atom. The SMILES string of the molecule is CCOC(=O)c1sc(NC(=O)COc2ccc(C#N)cc2)c(C#N)c1C. The van der Waals surface area contributed by atoms with Crippen molar-refractivity contribution in [3.05, 3.63) is 45.8 Å². The fourth-order valence-electron chi connectivity index (χ4n) is 2.06. The molecule has 0 saturated carbocycles. The number of rotatable bonds is 6. The van der Waals surface area contributed by atoms with Gasteiger partial charge in [-0.05, 0) is 43.7 Å². The molecule has 8 heteroatoms. The number of nitrogens with zero attached hydrogens (tertiary/aromatic N) is 2. The van der Waals surface area contributed by atoms with Gasteiger partial charge in [0.05, 0.1) is 23.8 Å². The van der Waals surface area contributed by atoms with E-state index in [4.69, 9.17) is 14.7 Å². The van der Waals surface area contributed by atoms with Crippen molar-refractivity contribution in [2.24, 2.45) is 0 Å². The van der Waals surface area contributed by atoms with E-state index in [1.54, 1.807) is 38.1 Å². The molecule has 0 unspecified atom stereocenters. The molecular formula is C18H15N3O4S. The van der Waals surface area contributed by atoms with E-state index < -0.39 is 11.9 Å². The number of thiophene rings is 1. The molecule has 1 amide bonds. The summed E-state index contributed by atoms with van der Waals surface area (Å²) in [5.74, 6) is -0.558. The van der Waals surface area contributed by atoms with Crippen molar-refractivity contribution in [1.29, 1.82) is 10.5 Å². The molecular weight excluding hydrogens is 354 g/mol. The van der Waals surface area contributed by atoms with E-state index in [0.717, 1.165) is 11.3 Å². The summed E-state index contributed by atoms with van der Waals surface area (Å²) in [4.78, 5) is 24.3. The zero-order chi connectivity index (χ0) is 19.1. The number of nitrogens with one attached hydrogen (secondary N) is 1. The topological polar surface area (TPSA) is 112 Å². The van der Waals surface area contributed by atoms with Gasteiger partial charge in [0.25, 0.3) is 5.91 Å². The van der Waals surface area contributed by atoms with Gasteiger partial charge in [0, 0.05) is 0 Å². The van der Waals surface area contributed by atoms with E-state index in [1.807, 2.05) is 12.1 Å². The van der Waals surface area contributed by atoms with Gasteiger partial charge in [-0.2, -0.15) is 10.5 Å². The molecule has 1 N–H and O–H groups in total. The number of ether oxygens (including phenoxy) is 2. The molecule has 7 nitrogen and oxygen atoms in total. The van der Waals surface area contributed by atoms with Crippen LogP contribution in [0.15, 0.2) is 24.3 Å².